The second kappa shape index (κ2) is 6.68. The lowest BCUT2D eigenvalue weighted by molar-refractivity contribution is -0.152. The van der Waals surface area contributed by atoms with E-state index in [9.17, 15) is 5.11 Å². The Morgan fingerprint density at radius 1 is 1.20 bits per heavy atom. The molecule has 112 valence electrons. The molecule has 20 heavy (non-hydrogen) atoms. The second-order valence-corrected chi connectivity index (χ2v) is 5.80. The molecule has 1 N–H and O–H groups in total. The monoisotopic (exact) mass is 280 g/mol. The molecule has 0 bridgehead atoms. The molecule has 3 atom stereocenters. The van der Waals surface area contributed by atoms with Crippen LogP contribution in [0.4, 0.5) is 0 Å². The second-order valence-electron chi connectivity index (χ2n) is 5.80. The molecule has 1 aromatic carbocycles. The molecule has 0 aromatic heterocycles. The Hall–Kier alpha value is -0.940. The van der Waals surface area contributed by atoms with Gasteiger partial charge in [0, 0.05) is 6.42 Å². The van der Waals surface area contributed by atoms with E-state index < -0.39 is 11.9 Å². The quantitative estimate of drug-likeness (QED) is 0.869. The minimum Gasteiger partial charge on any atom is -0.393 e. The average molecular weight is 280 g/mol. The number of aliphatic hydroxyl groups excluding tert-OH is 1. The highest BCUT2D eigenvalue weighted by Crippen LogP contribution is 2.30. The van der Waals surface area contributed by atoms with Crippen molar-refractivity contribution in [3.8, 4) is 0 Å². The third kappa shape index (κ3) is 4.56. The van der Waals surface area contributed by atoms with Gasteiger partial charge in [-0.25, -0.2) is 0 Å². The fourth-order valence-corrected chi connectivity index (χ4v) is 2.45. The van der Waals surface area contributed by atoms with E-state index in [4.69, 9.17) is 14.2 Å². The maximum absolute atomic E-state index is 9.53. The van der Waals surface area contributed by atoms with Gasteiger partial charge in [0.1, 0.15) is 6.10 Å². The molecule has 1 saturated heterocycles. The van der Waals surface area contributed by atoms with Crippen LogP contribution in [0.3, 0.4) is 0 Å². The van der Waals surface area contributed by atoms with Crippen LogP contribution in [-0.4, -0.2) is 35.8 Å². The van der Waals surface area contributed by atoms with E-state index in [0.717, 1.165) is 5.56 Å². The van der Waals surface area contributed by atoms with Crippen molar-refractivity contribution in [2.45, 2.75) is 57.9 Å². The molecule has 0 spiro atoms. The lowest BCUT2D eigenvalue weighted by Gasteiger charge is -2.18. The van der Waals surface area contributed by atoms with Gasteiger partial charge in [-0.15, -0.1) is 0 Å². The minimum atomic E-state index is -0.611. The van der Waals surface area contributed by atoms with Gasteiger partial charge in [-0.1, -0.05) is 30.3 Å². The van der Waals surface area contributed by atoms with Crippen molar-refractivity contribution >= 4 is 0 Å². The van der Waals surface area contributed by atoms with Gasteiger partial charge in [-0.05, 0) is 26.3 Å². The van der Waals surface area contributed by atoms with Crippen LogP contribution in [0, 0.1) is 0 Å². The third-order valence-electron chi connectivity index (χ3n) is 3.25. The zero-order chi connectivity index (χ0) is 14.6. The van der Waals surface area contributed by atoms with Crippen LogP contribution in [0.15, 0.2) is 30.3 Å². The van der Waals surface area contributed by atoms with Gasteiger partial charge in [-0.3, -0.25) is 0 Å². The van der Waals surface area contributed by atoms with E-state index in [1.165, 1.54) is 0 Å². The molecule has 0 saturated carbocycles. The molecule has 0 aliphatic carbocycles. The first-order valence-electron chi connectivity index (χ1n) is 7.11. The molecular formula is C16H24O4. The number of benzene rings is 1. The smallest absolute Gasteiger partial charge is 0.163 e. The number of ether oxygens (including phenoxy) is 3. The summed E-state index contributed by atoms with van der Waals surface area (Å²) in [7, 11) is 0. The number of hydrogen-bond acceptors (Lipinski definition) is 4. The van der Waals surface area contributed by atoms with Crippen LogP contribution in [0.2, 0.25) is 0 Å². The first-order chi connectivity index (χ1) is 9.46. The van der Waals surface area contributed by atoms with Gasteiger partial charge in [-0.2, -0.15) is 0 Å². The number of aliphatic hydroxyl groups is 1. The van der Waals surface area contributed by atoms with Crippen molar-refractivity contribution in [3.05, 3.63) is 35.9 Å². The number of hydrogen-bond donors (Lipinski definition) is 1. The largest absolute Gasteiger partial charge is 0.393 e. The first kappa shape index (κ1) is 15.4. The highest BCUT2D eigenvalue weighted by molar-refractivity contribution is 5.13. The zero-order valence-corrected chi connectivity index (χ0v) is 12.4. The predicted molar refractivity (Wildman–Crippen MR) is 76.2 cm³/mol. The molecular weight excluding hydrogens is 256 g/mol. The van der Waals surface area contributed by atoms with Gasteiger partial charge in [0.15, 0.2) is 5.79 Å². The summed E-state index contributed by atoms with van der Waals surface area (Å²) in [5, 5.41) is 9.53. The Balaban J connectivity index is 1.83. The summed E-state index contributed by atoms with van der Waals surface area (Å²) >= 11 is 0. The van der Waals surface area contributed by atoms with E-state index in [1.807, 2.05) is 44.2 Å². The Kier molecular flexibility index (Phi) is 5.16. The van der Waals surface area contributed by atoms with Crippen molar-refractivity contribution in [2.24, 2.45) is 0 Å². The van der Waals surface area contributed by atoms with Crippen LogP contribution in [0.1, 0.15) is 32.8 Å². The topological polar surface area (TPSA) is 47.9 Å². The summed E-state index contributed by atoms with van der Waals surface area (Å²) in [4.78, 5) is 0. The molecule has 0 radical (unpaired) electrons. The molecule has 1 heterocycles. The van der Waals surface area contributed by atoms with E-state index in [1.54, 1.807) is 6.92 Å². The van der Waals surface area contributed by atoms with Crippen molar-refractivity contribution in [2.75, 3.05) is 6.61 Å². The van der Waals surface area contributed by atoms with E-state index in [0.29, 0.717) is 19.6 Å². The molecule has 4 nitrogen and oxygen atoms in total. The van der Waals surface area contributed by atoms with Gasteiger partial charge in [0.05, 0.1) is 25.4 Å². The van der Waals surface area contributed by atoms with Crippen LogP contribution >= 0.6 is 0 Å². The van der Waals surface area contributed by atoms with Gasteiger partial charge in [0.25, 0.3) is 0 Å². The fourth-order valence-electron chi connectivity index (χ4n) is 2.45. The Morgan fingerprint density at radius 2 is 1.85 bits per heavy atom. The van der Waals surface area contributed by atoms with Crippen molar-refractivity contribution in [3.63, 3.8) is 0 Å². The predicted octanol–water partition coefficient (Wildman–Crippen LogP) is 2.49. The normalized spacial score (nSPS) is 26.6. The molecule has 0 amide bonds. The fraction of sp³-hybridized carbons (Fsp3) is 0.625. The molecule has 1 aromatic rings. The summed E-state index contributed by atoms with van der Waals surface area (Å²) in [6.45, 7) is 6.56. The van der Waals surface area contributed by atoms with Crippen LogP contribution in [-0.2, 0) is 20.8 Å². The van der Waals surface area contributed by atoms with E-state index >= 15 is 0 Å². The van der Waals surface area contributed by atoms with Crippen molar-refractivity contribution in [1.82, 2.24) is 0 Å². The molecule has 4 heteroatoms. The molecule has 1 fully saturated rings. The lowest BCUT2D eigenvalue weighted by Crippen LogP contribution is -2.30. The third-order valence-corrected chi connectivity index (χ3v) is 3.25. The Labute approximate surface area is 120 Å². The Morgan fingerprint density at radius 3 is 2.50 bits per heavy atom. The maximum Gasteiger partial charge on any atom is 0.163 e. The molecule has 2 rings (SSSR count). The first-order valence-corrected chi connectivity index (χ1v) is 7.11. The molecule has 3 unspecified atom stereocenters. The summed E-state index contributed by atoms with van der Waals surface area (Å²) in [6, 6.07) is 10.0. The summed E-state index contributed by atoms with van der Waals surface area (Å²) in [5.74, 6) is -0.611. The molecule has 1 aliphatic heterocycles. The average Bonchev–Trinajstić information content (AvgIpc) is 2.64. The van der Waals surface area contributed by atoms with Crippen molar-refractivity contribution < 1.29 is 19.3 Å². The van der Waals surface area contributed by atoms with E-state index in [2.05, 4.69) is 0 Å². The zero-order valence-electron chi connectivity index (χ0n) is 12.4. The SMILES string of the molecule is CC(O)CC1OC(C)(C)OC1COCc1ccccc1. The van der Waals surface area contributed by atoms with Gasteiger partial charge in [0.2, 0.25) is 0 Å². The highest BCUT2D eigenvalue weighted by atomic mass is 16.8. The van der Waals surface area contributed by atoms with E-state index in [-0.39, 0.29) is 12.2 Å². The summed E-state index contributed by atoms with van der Waals surface area (Å²) in [5.41, 5.74) is 1.14. The minimum absolute atomic E-state index is 0.124. The van der Waals surface area contributed by atoms with Crippen LogP contribution < -0.4 is 0 Å². The van der Waals surface area contributed by atoms with Crippen LogP contribution in [0.25, 0.3) is 0 Å². The summed E-state index contributed by atoms with van der Waals surface area (Å²) in [6.07, 6.45) is -0.110. The summed E-state index contributed by atoms with van der Waals surface area (Å²) < 4.78 is 17.4. The standard InChI is InChI=1S/C16H24O4/c1-12(17)9-14-15(20-16(2,3)19-14)11-18-10-13-7-5-4-6-8-13/h4-8,12,14-15,17H,9-11H2,1-3H3. The lowest BCUT2D eigenvalue weighted by atomic mass is 10.1. The number of rotatable bonds is 6. The van der Waals surface area contributed by atoms with Gasteiger partial charge < -0.3 is 19.3 Å². The van der Waals surface area contributed by atoms with Crippen LogP contribution in [0.5, 0.6) is 0 Å². The van der Waals surface area contributed by atoms with Crippen molar-refractivity contribution in [1.29, 1.82) is 0 Å². The maximum atomic E-state index is 9.53. The Bertz CT molecular complexity index is 402. The van der Waals surface area contributed by atoms with Gasteiger partial charge >= 0.3 is 0 Å². The highest BCUT2D eigenvalue weighted by Gasteiger charge is 2.41. The molecule has 1 aliphatic rings.